The molecule has 4 unspecified atom stereocenters. The van der Waals surface area contributed by atoms with Crippen LogP contribution in [0.3, 0.4) is 0 Å². The van der Waals surface area contributed by atoms with E-state index in [2.05, 4.69) is 15.9 Å². The summed E-state index contributed by atoms with van der Waals surface area (Å²) < 4.78 is 5.73. The van der Waals surface area contributed by atoms with Gasteiger partial charge in [0.25, 0.3) is 0 Å². The van der Waals surface area contributed by atoms with Crippen molar-refractivity contribution >= 4 is 15.9 Å². The lowest BCUT2D eigenvalue weighted by Crippen LogP contribution is -2.29. The van der Waals surface area contributed by atoms with Crippen LogP contribution in [0.25, 0.3) is 0 Å². The van der Waals surface area contributed by atoms with E-state index < -0.39 is 0 Å². The highest BCUT2D eigenvalue weighted by molar-refractivity contribution is 9.09. The molecule has 2 bridgehead atoms. The zero-order valence-electron chi connectivity index (χ0n) is 10.8. The first-order chi connectivity index (χ1) is 8.32. The van der Waals surface area contributed by atoms with Gasteiger partial charge in [0.15, 0.2) is 0 Å². The lowest BCUT2D eigenvalue weighted by atomic mass is 9.71. The predicted molar refractivity (Wildman–Crippen MR) is 74.5 cm³/mol. The molecule has 2 saturated carbocycles. The fourth-order valence-electron chi connectivity index (χ4n) is 4.65. The number of ether oxygens (including phenoxy) is 1. The monoisotopic (exact) mass is 300 g/mol. The minimum absolute atomic E-state index is 0.598. The SMILES string of the molecule is BrCC1(CCCC2CCCO2)CC2CCC1C2. The van der Waals surface area contributed by atoms with E-state index in [1.807, 2.05) is 0 Å². The van der Waals surface area contributed by atoms with Gasteiger partial charge in [-0.05, 0) is 62.2 Å². The van der Waals surface area contributed by atoms with Gasteiger partial charge in [0.1, 0.15) is 0 Å². The summed E-state index contributed by atoms with van der Waals surface area (Å²) in [5, 5.41) is 1.24. The summed E-state index contributed by atoms with van der Waals surface area (Å²) in [7, 11) is 0. The second kappa shape index (κ2) is 5.21. The number of halogens is 1. The molecule has 4 atom stereocenters. The highest BCUT2D eigenvalue weighted by atomic mass is 79.9. The van der Waals surface area contributed by atoms with E-state index in [0.29, 0.717) is 11.5 Å². The Morgan fingerprint density at radius 2 is 2.18 bits per heavy atom. The molecule has 3 rings (SSSR count). The van der Waals surface area contributed by atoms with Crippen LogP contribution in [0, 0.1) is 17.3 Å². The molecule has 17 heavy (non-hydrogen) atoms. The summed E-state index contributed by atoms with van der Waals surface area (Å²) in [5.41, 5.74) is 0.668. The molecule has 0 aromatic heterocycles. The Bertz CT molecular complexity index is 262. The Morgan fingerprint density at radius 3 is 2.76 bits per heavy atom. The van der Waals surface area contributed by atoms with E-state index in [1.165, 1.54) is 63.1 Å². The van der Waals surface area contributed by atoms with Gasteiger partial charge in [-0.3, -0.25) is 0 Å². The van der Waals surface area contributed by atoms with Crippen LogP contribution in [-0.2, 0) is 4.74 Å². The van der Waals surface area contributed by atoms with Crippen molar-refractivity contribution in [2.75, 3.05) is 11.9 Å². The van der Waals surface area contributed by atoms with Crippen molar-refractivity contribution in [2.24, 2.45) is 17.3 Å². The standard InChI is InChI=1S/C15H25BrO/c16-11-15(10-12-5-6-13(15)9-12)7-1-3-14-4-2-8-17-14/h12-14H,1-11H2. The largest absolute Gasteiger partial charge is 0.378 e. The van der Waals surface area contributed by atoms with Crippen molar-refractivity contribution in [3.63, 3.8) is 0 Å². The van der Waals surface area contributed by atoms with Gasteiger partial charge in [0.05, 0.1) is 6.10 Å². The summed E-state index contributed by atoms with van der Waals surface area (Å²) in [6.07, 6.45) is 13.4. The van der Waals surface area contributed by atoms with Gasteiger partial charge < -0.3 is 4.74 Å². The summed E-state index contributed by atoms with van der Waals surface area (Å²) >= 11 is 3.82. The fraction of sp³-hybridized carbons (Fsp3) is 1.00. The van der Waals surface area contributed by atoms with Gasteiger partial charge in [-0.25, -0.2) is 0 Å². The molecule has 0 N–H and O–H groups in total. The third-order valence-corrected chi connectivity index (χ3v) is 6.71. The second-order valence-corrected chi connectivity index (χ2v) is 7.16. The van der Waals surface area contributed by atoms with Crippen LogP contribution in [-0.4, -0.2) is 18.0 Å². The van der Waals surface area contributed by atoms with E-state index in [9.17, 15) is 0 Å². The third-order valence-electron chi connectivity index (χ3n) is 5.59. The Balaban J connectivity index is 1.49. The van der Waals surface area contributed by atoms with Crippen LogP contribution in [0.1, 0.15) is 57.8 Å². The van der Waals surface area contributed by atoms with E-state index >= 15 is 0 Å². The van der Waals surface area contributed by atoms with Crippen LogP contribution in [0.4, 0.5) is 0 Å². The highest BCUT2D eigenvalue weighted by Gasteiger charge is 2.49. The predicted octanol–water partition coefficient (Wildman–Crippen LogP) is 4.54. The molecular formula is C15H25BrO. The van der Waals surface area contributed by atoms with Crippen molar-refractivity contribution < 1.29 is 4.74 Å². The number of rotatable bonds is 5. The first-order valence-corrected chi connectivity index (χ1v) is 8.62. The molecule has 98 valence electrons. The topological polar surface area (TPSA) is 9.23 Å². The van der Waals surface area contributed by atoms with Gasteiger partial charge in [-0.1, -0.05) is 28.8 Å². The lowest BCUT2D eigenvalue weighted by Gasteiger charge is -2.36. The maximum atomic E-state index is 5.73. The van der Waals surface area contributed by atoms with Gasteiger partial charge >= 0.3 is 0 Å². The third kappa shape index (κ3) is 2.45. The van der Waals surface area contributed by atoms with Crippen LogP contribution in [0.15, 0.2) is 0 Å². The molecule has 0 aromatic carbocycles. The zero-order chi connectivity index (χ0) is 11.7. The Hall–Kier alpha value is 0.440. The lowest BCUT2D eigenvalue weighted by molar-refractivity contribution is 0.0935. The number of fused-ring (bicyclic) bond motifs is 2. The second-order valence-electron chi connectivity index (χ2n) is 6.60. The zero-order valence-corrected chi connectivity index (χ0v) is 12.4. The summed E-state index contributed by atoms with van der Waals surface area (Å²) in [4.78, 5) is 0. The van der Waals surface area contributed by atoms with Crippen LogP contribution in [0.5, 0.6) is 0 Å². The van der Waals surface area contributed by atoms with E-state index in [1.54, 1.807) is 0 Å². The van der Waals surface area contributed by atoms with Gasteiger partial charge in [-0.15, -0.1) is 0 Å². The summed E-state index contributed by atoms with van der Waals surface area (Å²) in [6.45, 7) is 1.01. The first kappa shape index (κ1) is 12.5. The van der Waals surface area contributed by atoms with Crippen molar-refractivity contribution in [3.8, 4) is 0 Å². The van der Waals surface area contributed by atoms with Crippen molar-refractivity contribution in [3.05, 3.63) is 0 Å². The fourth-order valence-corrected chi connectivity index (χ4v) is 5.62. The molecule has 1 aliphatic heterocycles. The molecule has 1 nitrogen and oxygen atoms in total. The quantitative estimate of drug-likeness (QED) is 0.678. The van der Waals surface area contributed by atoms with Crippen molar-refractivity contribution in [2.45, 2.75) is 63.9 Å². The molecule has 0 radical (unpaired) electrons. The normalized spacial score (nSPS) is 44.6. The molecular weight excluding hydrogens is 276 g/mol. The van der Waals surface area contributed by atoms with Crippen LogP contribution in [0.2, 0.25) is 0 Å². The Morgan fingerprint density at radius 1 is 1.24 bits per heavy atom. The molecule has 1 heterocycles. The molecule has 0 aromatic rings. The van der Waals surface area contributed by atoms with Crippen molar-refractivity contribution in [1.82, 2.24) is 0 Å². The smallest absolute Gasteiger partial charge is 0.0576 e. The molecule has 2 aliphatic carbocycles. The molecule has 2 heteroatoms. The number of hydrogen-bond acceptors (Lipinski definition) is 1. The molecule has 1 saturated heterocycles. The summed E-state index contributed by atoms with van der Waals surface area (Å²) in [6, 6.07) is 0. The van der Waals surface area contributed by atoms with Gasteiger partial charge in [0, 0.05) is 11.9 Å². The average Bonchev–Trinajstić information content (AvgIpc) is 3.04. The summed E-state index contributed by atoms with van der Waals surface area (Å²) in [5.74, 6) is 2.11. The van der Waals surface area contributed by atoms with Crippen LogP contribution >= 0.6 is 15.9 Å². The van der Waals surface area contributed by atoms with Crippen LogP contribution < -0.4 is 0 Å². The van der Waals surface area contributed by atoms with E-state index in [-0.39, 0.29) is 0 Å². The van der Waals surface area contributed by atoms with Crippen molar-refractivity contribution in [1.29, 1.82) is 0 Å². The molecule has 0 spiro atoms. The minimum atomic E-state index is 0.598. The van der Waals surface area contributed by atoms with E-state index in [0.717, 1.165) is 18.4 Å². The van der Waals surface area contributed by atoms with Gasteiger partial charge in [-0.2, -0.15) is 0 Å². The average molecular weight is 301 g/mol. The Labute approximate surface area is 114 Å². The minimum Gasteiger partial charge on any atom is -0.378 e. The van der Waals surface area contributed by atoms with Gasteiger partial charge in [0.2, 0.25) is 0 Å². The highest BCUT2D eigenvalue weighted by Crippen LogP contribution is 2.58. The van der Waals surface area contributed by atoms with E-state index in [4.69, 9.17) is 4.74 Å². The molecule has 3 fully saturated rings. The maximum Gasteiger partial charge on any atom is 0.0576 e. The molecule has 3 aliphatic rings. The number of alkyl halides is 1. The Kier molecular flexibility index (Phi) is 3.82. The first-order valence-electron chi connectivity index (χ1n) is 7.50. The molecule has 0 amide bonds. The number of hydrogen-bond donors (Lipinski definition) is 0. The maximum absolute atomic E-state index is 5.73.